The fourth-order valence-electron chi connectivity index (χ4n) is 1.81. The molecule has 0 bridgehead atoms. The van der Waals surface area contributed by atoms with Crippen molar-refractivity contribution in [3.8, 4) is 0 Å². The molecule has 0 radical (unpaired) electrons. The zero-order valence-corrected chi connectivity index (χ0v) is 10.8. The molecule has 0 unspecified atom stereocenters. The summed E-state index contributed by atoms with van der Waals surface area (Å²) in [5, 5.41) is 2.95. The Labute approximate surface area is 110 Å². The minimum atomic E-state index is -4.38. The number of fused-ring (bicyclic) bond motifs is 1. The molecule has 0 spiro atoms. The summed E-state index contributed by atoms with van der Waals surface area (Å²) in [6, 6.07) is 4.84. The normalized spacial score (nSPS) is 16.0. The van der Waals surface area contributed by atoms with Crippen LogP contribution in [-0.4, -0.2) is 36.6 Å². The highest BCUT2D eigenvalue weighted by atomic mass is 79.9. The minimum Gasteiger partial charge on any atom is -0.383 e. The van der Waals surface area contributed by atoms with E-state index in [9.17, 15) is 18.0 Å². The van der Waals surface area contributed by atoms with Gasteiger partial charge in [-0.1, -0.05) is 15.9 Å². The molecule has 3 nitrogen and oxygen atoms in total. The fourth-order valence-corrected chi connectivity index (χ4v) is 2.18. The van der Waals surface area contributed by atoms with Crippen molar-refractivity contribution >= 4 is 27.5 Å². The number of hydrogen-bond donors (Lipinski definition) is 1. The first-order valence-corrected chi connectivity index (χ1v) is 6.05. The third-order valence-corrected chi connectivity index (χ3v) is 3.06. The van der Waals surface area contributed by atoms with Crippen LogP contribution in [0.4, 0.5) is 18.9 Å². The average Bonchev–Trinajstić information content (AvgIpc) is 2.38. The Morgan fingerprint density at radius 3 is 2.78 bits per heavy atom. The highest BCUT2D eigenvalue weighted by Gasteiger charge is 2.34. The molecule has 2 rings (SSSR count). The molecule has 0 aromatic heterocycles. The van der Waals surface area contributed by atoms with Crippen LogP contribution in [0, 0.1) is 0 Å². The lowest BCUT2D eigenvalue weighted by atomic mass is 10.1. The Morgan fingerprint density at radius 1 is 1.39 bits per heavy atom. The molecule has 0 fully saturated rings. The number of alkyl halides is 3. The van der Waals surface area contributed by atoms with E-state index in [1.807, 2.05) is 0 Å². The van der Waals surface area contributed by atoms with E-state index in [1.165, 1.54) is 6.07 Å². The van der Waals surface area contributed by atoms with Crippen molar-refractivity contribution in [2.75, 3.05) is 25.0 Å². The number of nitrogens with zero attached hydrogens (tertiary/aromatic N) is 1. The first kappa shape index (κ1) is 13.2. The van der Waals surface area contributed by atoms with Crippen LogP contribution < -0.4 is 5.32 Å². The smallest absolute Gasteiger partial charge is 0.383 e. The SMILES string of the molecule is O=C1c2ccc(Br)cc2NCCN1CC(F)(F)F. The van der Waals surface area contributed by atoms with E-state index in [4.69, 9.17) is 0 Å². The molecule has 1 heterocycles. The Balaban J connectivity index is 2.29. The van der Waals surface area contributed by atoms with Crippen molar-refractivity contribution in [1.29, 1.82) is 0 Å². The molecule has 0 saturated carbocycles. The van der Waals surface area contributed by atoms with Gasteiger partial charge >= 0.3 is 6.18 Å². The zero-order chi connectivity index (χ0) is 13.3. The van der Waals surface area contributed by atoms with Crippen molar-refractivity contribution in [1.82, 2.24) is 4.90 Å². The molecule has 1 N–H and O–H groups in total. The van der Waals surface area contributed by atoms with E-state index in [0.29, 0.717) is 12.2 Å². The Kier molecular flexibility index (Phi) is 3.52. The van der Waals surface area contributed by atoms with Crippen LogP contribution in [0.5, 0.6) is 0 Å². The molecule has 1 aliphatic heterocycles. The van der Waals surface area contributed by atoms with Gasteiger partial charge in [-0.05, 0) is 18.2 Å². The van der Waals surface area contributed by atoms with Gasteiger partial charge in [0.1, 0.15) is 6.54 Å². The number of nitrogens with one attached hydrogen (secondary N) is 1. The maximum absolute atomic E-state index is 12.4. The van der Waals surface area contributed by atoms with Crippen molar-refractivity contribution in [2.24, 2.45) is 0 Å². The molecule has 18 heavy (non-hydrogen) atoms. The van der Waals surface area contributed by atoms with E-state index < -0.39 is 18.6 Å². The third kappa shape index (κ3) is 2.95. The maximum atomic E-state index is 12.4. The summed E-state index contributed by atoms with van der Waals surface area (Å²) in [6.07, 6.45) is -4.38. The van der Waals surface area contributed by atoms with Crippen molar-refractivity contribution in [3.63, 3.8) is 0 Å². The molecule has 1 aromatic carbocycles. The number of halogens is 4. The molecule has 0 aliphatic carbocycles. The number of rotatable bonds is 1. The maximum Gasteiger partial charge on any atom is 0.406 e. The standard InChI is InChI=1S/C11H10BrF3N2O/c12-7-1-2-8-9(5-7)16-3-4-17(10(8)18)6-11(13,14)15/h1-2,5,16H,3-4,6H2. The van der Waals surface area contributed by atoms with E-state index >= 15 is 0 Å². The summed E-state index contributed by atoms with van der Waals surface area (Å²) < 4.78 is 37.9. The molecule has 1 aliphatic rings. The van der Waals surface area contributed by atoms with Crippen molar-refractivity contribution < 1.29 is 18.0 Å². The van der Waals surface area contributed by atoms with Crippen LogP contribution in [0.1, 0.15) is 10.4 Å². The van der Waals surface area contributed by atoms with Crippen LogP contribution in [-0.2, 0) is 0 Å². The van der Waals surface area contributed by atoms with Gasteiger partial charge in [0.2, 0.25) is 0 Å². The van der Waals surface area contributed by atoms with Gasteiger partial charge in [0.25, 0.3) is 5.91 Å². The molecule has 1 amide bonds. The van der Waals surface area contributed by atoms with E-state index in [2.05, 4.69) is 21.2 Å². The van der Waals surface area contributed by atoms with Gasteiger partial charge in [-0.2, -0.15) is 13.2 Å². The number of carbonyl (C=O) groups excluding carboxylic acids is 1. The second-order valence-corrected chi connectivity index (χ2v) is 4.87. The molecule has 7 heteroatoms. The topological polar surface area (TPSA) is 32.3 Å². The largest absolute Gasteiger partial charge is 0.406 e. The number of benzene rings is 1. The Hall–Kier alpha value is -1.24. The lowest BCUT2D eigenvalue weighted by molar-refractivity contribution is -0.140. The molecule has 0 saturated heterocycles. The van der Waals surface area contributed by atoms with Crippen LogP contribution in [0.15, 0.2) is 22.7 Å². The van der Waals surface area contributed by atoms with Crippen LogP contribution >= 0.6 is 15.9 Å². The van der Waals surface area contributed by atoms with Crippen molar-refractivity contribution in [3.05, 3.63) is 28.2 Å². The van der Waals surface area contributed by atoms with Gasteiger partial charge in [0.15, 0.2) is 0 Å². The van der Waals surface area contributed by atoms with Gasteiger partial charge in [0.05, 0.1) is 5.56 Å². The van der Waals surface area contributed by atoms with Gasteiger partial charge in [-0.25, -0.2) is 0 Å². The highest BCUT2D eigenvalue weighted by Crippen LogP contribution is 2.26. The quantitative estimate of drug-likeness (QED) is 0.862. The molecular weight excluding hydrogens is 313 g/mol. The highest BCUT2D eigenvalue weighted by molar-refractivity contribution is 9.10. The first-order chi connectivity index (χ1) is 8.37. The van der Waals surface area contributed by atoms with Gasteiger partial charge in [-0.3, -0.25) is 4.79 Å². The number of amides is 1. The Morgan fingerprint density at radius 2 is 2.11 bits per heavy atom. The number of hydrogen-bond acceptors (Lipinski definition) is 2. The van der Waals surface area contributed by atoms with E-state index in [-0.39, 0.29) is 12.1 Å². The predicted octanol–water partition coefficient (Wildman–Crippen LogP) is 2.88. The summed E-state index contributed by atoms with van der Waals surface area (Å²) >= 11 is 3.25. The molecular formula is C11H10BrF3N2O. The summed E-state index contributed by atoms with van der Waals surface area (Å²) in [6.45, 7) is -0.890. The predicted molar refractivity (Wildman–Crippen MR) is 64.6 cm³/mol. The van der Waals surface area contributed by atoms with Crippen LogP contribution in [0.25, 0.3) is 0 Å². The lowest BCUT2D eigenvalue weighted by Crippen LogP contribution is -2.39. The lowest BCUT2D eigenvalue weighted by Gasteiger charge is -2.21. The minimum absolute atomic E-state index is 0.0324. The molecule has 1 aromatic rings. The number of carbonyl (C=O) groups is 1. The van der Waals surface area contributed by atoms with Gasteiger partial charge in [-0.15, -0.1) is 0 Å². The zero-order valence-electron chi connectivity index (χ0n) is 9.22. The monoisotopic (exact) mass is 322 g/mol. The second kappa shape index (κ2) is 4.79. The first-order valence-electron chi connectivity index (χ1n) is 5.26. The Bertz CT molecular complexity index is 476. The van der Waals surface area contributed by atoms with Crippen molar-refractivity contribution in [2.45, 2.75) is 6.18 Å². The average molecular weight is 323 g/mol. The summed E-state index contributed by atoms with van der Waals surface area (Å²) in [5.41, 5.74) is 0.819. The molecule has 98 valence electrons. The summed E-state index contributed by atoms with van der Waals surface area (Å²) in [5.74, 6) is -0.597. The van der Waals surface area contributed by atoms with Gasteiger partial charge < -0.3 is 10.2 Å². The van der Waals surface area contributed by atoms with Gasteiger partial charge in [0, 0.05) is 23.2 Å². The van der Waals surface area contributed by atoms with Crippen LogP contribution in [0.2, 0.25) is 0 Å². The fraction of sp³-hybridized carbons (Fsp3) is 0.364. The number of anilines is 1. The second-order valence-electron chi connectivity index (χ2n) is 3.96. The molecule has 0 atom stereocenters. The summed E-state index contributed by atoms with van der Waals surface area (Å²) in [7, 11) is 0. The van der Waals surface area contributed by atoms with E-state index in [1.54, 1.807) is 12.1 Å². The third-order valence-electron chi connectivity index (χ3n) is 2.57. The van der Waals surface area contributed by atoms with Crippen LogP contribution in [0.3, 0.4) is 0 Å². The summed E-state index contributed by atoms with van der Waals surface area (Å²) in [4.78, 5) is 12.8. The van der Waals surface area contributed by atoms with E-state index in [0.717, 1.165) is 9.37 Å².